The number of carbonyl (C=O) groups excluding carboxylic acids is 1. The third kappa shape index (κ3) is 5.71. The van der Waals surface area contributed by atoms with Gasteiger partial charge in [0.25, 0.3) is 0 Å². The van der Waals surface area contributed by atoms with Crippen molar-refractivity contribution in [2.75, 3.05) is 7.11 Å². The highest BCUT2D eigenvalue weighted by Gasteiger charge is 2.33. The molecule has 0 N–H and O–H groups in total. The molecule has 2 aliphatic carbocycles. The van der Waals surface area contributed by atoms with Crippen molar-refractivity contribution in [3.8, 4) is 28.8 Å². The summed E-state index contributed by atoms with van der Waals surface area (Å²) in [6, 6.07) is 16.4. The predicted molar refractivity (Wildman–Crippen MR) is 155 cm³/mol. The van der Waals surface area contributed by atoms with Crippen molar-refractivity contribution in [2.45, 2.75) is 44.1 Å². The van der Waals surface area contributed by atoms with Crippen LogP contribution in [0.15, 0.2) is 59.1 Å². The average Bonchev–Trinajstić information content (AvgIpc) is 3.89. The normalized spacial score (nSPS) is 14.4. The van der Waals surface area contributed by atoms with Gasteiger partial charge in [-0.05, 0) is 79.6 Å². The van der Waals surface area contributed by atoms with Crippen LogP contribution in [0, 0.1) is 11.8 Å². The molecule has 0 atom stereocenters. The number of methoxy groups -OCH3 is 1. The van der Waals surface area contributed by atoms with Crippen molar-refractivity contribution in [1.29, 1.82) is 0 Å². The molecule has 0 amide bonds. The molecule has 6 rings (SSSR count). The lowest BCUT2D eigenvalue weighted by molar-refractivity contribution is 0.0600. The third-order valence-electron chi connectivity index (χ3n) is 7.06. The van der Waals surface area contributed by atoms with Crippen LogP contribution in [-0.2, 0) is 11.3 Å². The molecule has 0 unspecified atom stereocenters. The van der Waals surface area contributed by atoms with E-state index in [1.165, 1.54) is 7.11 Å². The van der Waals surface area contributed by atoms with Crippen LogP contribution in [0.4, 0.5) is 0 Å². The van der Waals surface area contributed by atoms with Gasteiger partial charge in [-0.1, -0.05) is 57.9 Å². The maximum Gasteiger partial charge on any atom is 0.337 e. The van der Waals surface area contributed by atoms with Gasteiger partial charge < -0.3 is 14.0 Å². The van der Waals surface area contributed by atoms with Gasteiger partial charge in [0, 0.05) is 28.7 Å². The van der Waals surface area contributed by atoms with Crippen molar-refractivity contribution >= 4 is 40.8 Å². The molecule has 2 aliphatic rings. The molecule has 4 aromatic rings. The molecule has 3 aromatic carbocycles. The van der Waals surface area contributed by atoms with Crippen LogP contribution in [0.25, 0.3) is 11.3 Å². The maximum absolute atomic E-state index is 12.1. The van der Waals surface area contributed by atoms with Crippen LogP contribution in [-0.4, -0.2) is 18.2 Å². The van der Waals surface area contributed by atoms with Crippen molar-refractivity contribution in [1.82, 2.24) is 5.16 Å². The van der Waals surface area contributed by atoms with Gasteiger partial charge in [0.05, 0.1) is 33.3 Å². The maximum atomic E-state index is 12.1. The minimum Gasteiger partial charge on any atom is -0.489 e. The Kier molecular flexibility index (Phi) is 7.51. The summed E-state index contributed by atoms with van der Waals surface area (Å²) in [4.78, 5) is 12.1. The molecule has 2 saturated carbocycles. The van der Waals surface area contributed by atoms with E-state index in [4.69, 9.17) is 48.8 Å². The number of hydrogen-bond donors (Lipinski definition) is 0. The summed E-state index contributed by atoms with van der Waals surface area (Å²) in [5.41, 5.74) is 5.05. The fourth-order valence-electron chi connectivity index (χ4n) is 4.64. The molecule has 1 aromatic heterocycles. The van der Waals surface area contributed by atoms with Crippen LogP contribution in [0.3, 0.4) is 0 Å². The first-order chi connectivity index (χ1) is 19.4. The molecule has 8 heteroatoms. The lowest BCUT2D eigenvalue weighted by atomic mass is 10.0. The zero-order chi connectivity index (χ0) is 27.8. The summed E-state index contributed by atoms with van der Waals surface area (Å²) in [5, 5.41) is 5.76. The predicted octanol–water partition coefficient (Wildman–Crippen LogP) is 8.82. The molecule has 0 radical (unpaired) electrons. The molecule has 40 heavy (non-hydrogen) atoms. The molecule has 0 spiro atoms. The van der Waals surface area contributed by atoms with E-state index in [2.05, 4.69) is 17.0 Å². The highest BCUT2D eigenvalue weighted by atomic mass is 35.5. The molecule has 202 valence electrons. The minimum atomic E-state index is -0.372. The number of hydrogen-bond acceptors (Lipinski definition) is 5. The number of aromatic nitrogens is 1. The molecule has 0 aliphatic heterocycles. The van der Waals surface area contributed by atoms with Crippen LogP contribution in [0.5, 0.6) is 5.75 Å². The van der Waals surface area contributed by atoms with Crippen LogP contribution >= 0.6 is 34.8 Å². The third-order valence-corrected chi connectivity index (χ3v) is 8.00. The zero-order valence-corrected chi connectivity index (χ0v) is 23.9. The summed E-state index contributed by atoms with van der Waals surface area (Å²) in [6.45, 7) is 0.220. The highest BCUT2D eigenvalue weighted by molar-refractivity contribution is 6.39. The first-order valence-corrected chi connectivity index (χ1v) is 14.1. The minimum absolute atomic E-state index is 0.220. The van der Waals surface area contributed by atoms with E-state index in [9.17, 15) is 4.79 Å². The highest BCUT2D eigenvalue weighted by Crippen LogP contribution is 2.46. The topological polar surface area (TPSA) is 61.6 Å². The van der Waals surface area contributed by atoms with E-state index in [0.29, 0.717) is 55.0 Å². The summed E-state index contributed by atoms with van der Waals surface area (Å²) >= 11 is 19.5. The Morgan fingerprint density at radius 1 is 0.950 bits per heavy atom. The summed E-state index contributed by atoms with van der Waals surface area (Å²) in [6.07, 6.45) is 4.33. The largest absolute Gasteiger partial charge is 0.489 e. The van der Waals surface area contributed by atoms with E-state index in [1.807, 2.05) is 24.3 Å². The van der Waals surface area contributed by atoms with Crippen molar-refractivity contribution in [2.24, 2.45) is 0 Å². The fraction of sp³-hybridized carbons (Fsp3) is 0.250. The van der Waals surface area contributed by atoms with Crippen LogP contribution in [0.2, 0.25) is 15.1 Å². The number of rotatable bonds is 7. The van der Waals surface area contributed by atoms with Gasteiger partial charge in [0.15, 0.2) is 0 Å². The van der Waals surface area contributed by atoms with Crippen molar-refractivity contribution < 1.29 is 18.8 Å². The smallest absolute Gasteiger partial charge is 0.337 e. The number of nitrogens with zero attached hydrogens (tertiary/aromatic N) is 1. The Morgan fingerprint density at radius 2 is 1.70 bits per heavy atom. The molecule has 0 saturated heterocycles. The lowest BCUT2D eigenvalue weighted by Gasteiger charge is -2.10. The first kappa shape index (κ1) is 26.8. The Labute approximate surface area is 247 Å². The Morgan fingerprint density at radius 3 is 2.38 bits per heavy atom. The standard InChI is InChI=1S/C32H24Cl3NO4/c1-38-32(37)23-14-18(13-22(15-23)19-7-8-19)5-6-20-11-12-24(16-28(20)35)39-17-25-30(36-40-31(25)21-9-10-21)29-26(33)3-2-4-27(29)34/h2-4,11-16,19,21H,7-10,17H2,1H3. The quantitative estimate of drug-likeness (QED) is 0.158. The lowest BCUT2D eigenvalue weighted by Crippen LogP contribution is -2.02. The van der Waals surface area contributed by atoms with Gasteiger partial charge in [-0.25, -0.2) is 4.79 Å². The number of esters is 1. The molecular weight excluding hydrogens is 569 g/mol. The van der Waals surface area contributed by atoms with Crippen molar-refractivity contribution in [3.63, 3.8) is 0 Å². The zero-order valence-electron chi connectivity index (χ0n) is 21.6. The Hall–Kier alpha value is -3.43. The monoisotopic (exact) mass is 591 g/mol. The second-order valence-electron chi connectivity index (χ2n) is 10.0. The van der Waals surface area contributed by atoms with Gasteiger partial charge >= 0.3 is 5.97 Å². The van der Waals surface area contributed by atoms with E-state index >= 15 is 0 Å². The number of ether oxygens (including phenoxy) is 2. The molecule has 5 nitrogen and oxygen atoms in total. The number of carbonyl (C=O) groups is 1. The second kappa shape index (κ2) is 11.2. The molecular formula is C32H24Cl3NO4. The average molecular weight is 593 g/mol. The van der Waals surface area contributed by atoms with Gasteiger partial charge in [-0.15, -0.1) is 0 Å². The van der Waals surface area contributed by atoms with Gasteiger partial charge in [-0.3, -0.25) is 0 Å². The van der Waals surface area contributed by atoms with E-state index in [0.717, 1.165) is 48.1 Å². The van der Waals surface area contributed by atoms with E-state index in [-0.39, 0.29) is 12.6 Å². The molecule has 0 bridgehead atoms. The summed E-state index contributed by atoms with van der Waals surface area (Å²) in [7, 11) is 1.38. The van der Waals surface area contributed by atoms with Crippen molar-refractivity contribution in [3.05, 3.63) is 103 Å². The Balaban J connectivity index is 1.23. The van der Waals surface area contributed by atoms with Crippen LogP contribution < -0.4 is 4.74 Å². The van der Waals surface area contributed by atoms with Crippen LogP contribution in [0.1, 0.15) is 75.9 Å². The van der Waals surface area contributed by atoms with E-state index < -0.39 is 0 Å². The first-order valence-electron chi connectivity index (χ1n) is 13.0. The molecule has 2 fully saturated rings. The molecule has 1 heterocycles. The van der Waals surface area contributed by atoms with Gasteiger partial charge in [0.2, 0.25) is 0 Å². The second-order valence-corrected chi connectivity index (χ2v) is 11.3. The van der Waals surface area contributed by atoms with Gasteiger partial charge in [0.1, 0.15) is 23.8 Å². The fourth-order valence-corrected chi connectivity index (χ4v) is 5.44. The number of benzene rings is 3. The SMILES string of the molecule is COC(=O)c1cc(C#Cc2ccc(OCc3c(-c4c(Cl)cccc4Cl)noc3C3CC3)cc2Cl)cc(C2CC2)c1. The summed E-state index contributed by atoms with van der Waals surface area (Å²) in [5.74, 6) is 8.09. The summed E-state index contributed by atoms with van der Waals surface area (Å²) < 4.78 is 16.8. The van der Waals surface area contributed by atoms with Gasteiger partial charge in [-0.2, -0.15) is 0 Å². The van der Waals surface area contributed by atoms with E-state index in [1.54, 1.807) is 30.3 Å². The Bertz CT molecular complexity index is 1660. The number of halogens is 3.